The second-order valence-electron chi connectivity index (χ2n) is 6.79. The lowest BCUT2D eigenvalue weighted by Gasteiger charge is -2.07. The molecule has 2 atom stereocenters. The second kappa shape index (κ2) is 5.95. The van der Waals surface area contributed by atoms with Crippen molar-refractivity contribution in [2.24, 2.45) is 0 Å². The molecule has 7 nitrogen and oxygen atoms in total. The zero-order valence-corrected chi connectivity index (χ0v) is 14.3. The maximum Gasteiger partial charge on any atom is 0.325 e. The summed E-state index contributed by atoms with van der Waals surface area (Å²) in [6.45, 7) is 0. The van der Waals surface area contributed by atoms with Crippen molar-refractivity contribution in [2.45, 2.75) is 18.3 Å². The van der Waals surface area contributed by atoms with Crippen LogP contribution in [0.4, 0.5) is 8.78 Å². The molecule has 28 heavy (non-hydrogen) atoms. The van der Waals surface area contributed by atoms with Gasteiger partial charge in [-0.15, -0.1) is 0 Å². The first-order valence-corrected chi connectivity index (χ1v) is 8.63. The van der Waals surface area contributed by atoms with E-state index in [0.717, 1.165) is 28.3 Å². The summed E-state index contributed by atoms with van der Waals surface area (Å²) in [5.74, 6) is -0.772. The number of benzene rings is 1. The van der Waals surface area contributed by atoms with Crippen LogP contribution in [-0.2, 0) is 0 Å². The van der Waals surface area contributed by atoms with Crippen molar-refractivity contribution in [2.75, 3.05) is 0 Å². The highest BCUT2D eigenvalue weighted by Gasteiger charge is 2.41. The molecule has 3 aromatic heterocycles. The SMILES string of the molecule is O=c1[nH]cc(-c2cc([C@@H]3C[C@H]3c3ccc(F)cc3)c3ncc(F)n3n2)c(=O)[nH]1. The lowest BCUT2D eigenvalue weighted by Crippen LogP contribution is -2.23. The number of nitrogens with one attached hydrogen (secondary N) is 2. The highest BCUT2D eigenvalue weighted by molar-refractivity contribution is 5.63. The first kappa shape index (κ1) is 16.5. The van der Waals surface area contributed by atoms with Crippen molar-refractivity contribution < 1.29 is 8.78 Å². The van der Waals surface area contributed by atoms with Gasteiger partial charge in [0.25, 0.3) is 5.56 Å². The first-order valence-electron chi connectivity index (χ1n) is 8.63. The molecule has 3 heterocycles. The molecule has 1 fully saturated rings. The molecule has 140 valence electrons. The average Bonchev–Trinajstić information content (AvgIpc) is 3.38. The van der Waals surface area contributed by atoms with Crippen LogP contribution in [0.3, 0.4) is 0 Å². The van der Waals surface area contributed by atoms with E-state index in [2.05, 4.69) is 20.1 Å². The minimum atomic E-state index is -0.655. The number of rotatable bonds is 3. The lowest BCUT2D eigenvalue weighted by atomic mass is 10.0. The van der Waals surface area contributed by atoms with E-state index in [4.69, 9.17) is 0 Å². The predicted octanol–water partition coefficient (Wildman–Crippen LogP) is 2.32. The van der Waals surface area contributed by atoms with Gasteiger partial charge in [-0.25, -0.2) is 14.2 Å². The van der Waals surface area contributed by atoms with Gasteiger partial charge >= 0.3 is 5.69 Å². The number of hydrogen-bond acceptors (Lipinski definition) is 4. The Hall–Kier alpha value is -3.62. The molecule has 1 aromatic carbocycles. The van der Waals surface area contributed by atoms with Gasteiger partial charge in [-0.2, -0.15) is 14.0 Å². The van der Waals surface area contributed by atoms with Crippen LogP contribution in [0.2, 0.25) is 0 Å². The van der Waals surface area contributed by atoms with Crippen molar-refractivity contribution in [3.63, 3.8) is 0 Å². The molecule has 1 saturated carbocycles. The summed E-state index contributed by atoms with van der Waals surface area (Å²) in [5, 5.41) is 4.16. The molecule has 5 rings (SSSR count). The van der Waals surface area contributed by atoms with E-state index in [-0.39, 0.29) is 28.9 Å². The number of aromatic nitrogens is 5. The van der Waals surface area contributed by atoms with Crippen LogP contribution >= 0.6 is 0 Å². The normalized spacial score (nSPS) is 18.5. The third-order valence-corrected chi connectivity index (χ3v) is 5.04. The molecule has 0 spiro atoms. The first-order chi connectivity index (χ1) is 13.5. The molecular weight excluding hydrogens is 368 g/mol. The molecule has 1 aliphatic rings. The topological polar surface area (TPSA) is 95.9 Å². The molecule has 4 aromatic rings. The van der Waals surface area contributed by atoms with E-state index in [1.54, 1.807) is 18.2 Å². The van der Waals surface area contributed by atoms with Crippen LogP contribution in [0.15, 0.2) is 52.3 Å². The summed E-state index contributed by atoms with van der Waals surface area (Å²) in [5.41, 5.74) is 1.19. The highest BCUT2D eigenvalue weighted by atomic mass is 19.1. The summed E-state index contributed by atoms with van der Waals surface area (Å²) in [7, 11) is 0. The van der Waals surface area contributed by atoms with Crippen molar-refractivity contribution in [1.29, 1.82) is 0 Å². The molecule has 0 bridgehead atoms. The Kier molecular flexibility index (Phi) is 3.51. The molecule has 2 N–H and O–H groups in total. The molecule has 0 radical (unpaired) electrons. The Labute approximate surface area is 155 Å². The quantitative estimate of drug-likeness (QED) is 0.569. The third kappa shape index (κ3) is 2.63. The number of imidazole rings is 1. The fraction of sp³-hybridized carbons (Fsp3) is 0.158. The molecule has 0 aliphatic heterocycles. The second-order valence-corrected chi connectivity index (χ2v) is 6.79. The summed E-state index contributed by atoms with van der Waals surface area (Å²) in [4.78, 5) is 32.1. The van der Waals surface area contributed by atoms with Crippen molar-refractivity contribution in [3.8, 4) is 11.3 Å². The predicted molar refractivity (Wildman–Crippen MR) is 96.1 cm³/mol. The molecule has 0 amide bonds. The van der Waals surface area contributed by atoms with Gasteiger partial charge in [-0.3, -0.25) is 9.78 Å². The van der Waals surface area contributed by atoms with E-state index in [9.17, 15) is 18.4 Å². The summed E-state index contributed by atoms with van der Waals surface area (Å²) < 4.78 is 28.4. The average molecular weight is 381 g/mol. The Morgan fingerprint density at radius 2 is 1.89 bits per heavy atom. The minimum Gasteiger partial charge on any atom is -0.313 e. The molecule has 0 saturated heterocycles. The smallest absolute Gasteiger partial charge is 0.313 e. The lowest BCUT2D eigenvalue weighted by molar-refractivity contribution is 0.549. The van der Waals surface area contributed by atoms with Gasteiger partial charge in [0, 0.05) is 11.8 Å². The number of halogens is 2. The molecular formula is C19H13F2N5O2. The van der Waals surface area contributed by atoms with Crippen LogP contribution in [0, 0.1) is 11.8 Å². The molecule has 1 aliphatic carbocycles. The fourth-order valence-electron chi connectivity index (χ4n) is 3.59. The number of fused-ring (bicyclic) bond motifs is 1. The van der Waals surface area contributed by atoms with E-state index in [1.807, 2.05) is 0 Å². The van der Waals surface area contributed by atoms with Crippen LogP contribution < -0.4 is 11.2 Å². The van der Waals surface area contributed by atoms with E-state index >= 15 is 0 Å². The Balaban J connectivity index is 1.64. The number of H-pyrrole nitrogens is 2. The Bertz CT molecular complexity index is 1320. The van der Waals surface area contributed by atoms with Gasteiger partial charge in [-0.05, 0) is 42.0 Å². The number of nitrogens with zero attached hydrogens (tertiary/aromatic N) is 3. The van der Waals surface area contributed by atoms with Crippen LogP contribution in [-0.4, -0.2) is 24.6 Å². The third-order valence-electron chi connectivity index (χ3n) is 5.04. The fourth-order valence-corrected chi connectivity index (χ4v) is 3.59. The largest absolute Gasteiger partial charge is 0.325 e. The van der Waals surface area contributed by atoms with Gasteiger partial charge in [0.05, 0.1) is 17.5 Å². The maximum atomic E-state index is 14.2. The summed E-state index contributed by atoms with van der Waals surface area (Å²) >= 11 is 0. The van der Waals surface area contributed by atoms with E-state index < -0.39 is 17.2 Å². The van der Waals surface area contributed by atoms with E-state index in [0.29, 0.717) is 5.65 Å². The zero-order valence-electron chi connectivity index (χ0n) is 14.3. The standard InChI is InChI=1S/C19H13F2N5O2/c20-10-3-1-9(2-4-10)11-5-12(11)13-6-15(14-7-23-19(28)24-18(14)27)25-26-16(21)8-22-17(13)26/h1-4,6-8,11-12H,5H2,(H2,23,24,27,28)/t11-,12+/m0/s1. The monoisotopic (exact) mass is 381 g/mol. The van der Waals surface area contributed by atoms with Crippen molar-refractivity contribution in [3.05, 3.63) is 86.5 Å². The van der Waals surface area contributed by atoms with Gasteiger partial charge in [0.2, 0.25) is 5.95 Å². The summed E-state index contributed by atoms with van der Waals surface area (Å²) in [6.07, 6.45) is 3.11. The Morgan fingerprint density at radius 1 is 1.11 bits per heavy atom. The molecule has 9 heteroatoms. The van der Waals surface area contributed by atoms with Crippen LogP contribution in [0.1, 0.15) is 29.4 Å². The van der Waals surface area contributed by atoms with Crippen molar-refractivity contribution >= 4 is 5.65 Å². The number of aromatic amines is 2. The zero-order chi connectivity index (χ0) is 19.4. The Morgan fingerprint density at radius 3 is 2.64 bits per heavy atom. The van der Waals surface area contributed by atoms with E-state index in [1.165, 1.54) is 18.3 Å². The maximum absolute atomic E-state index is 14.2. The number of hydrogen-bond donors (Lipinski definition) is 2. The highest BCUT2D eigenvalue weighted by Crippen LogP contribution is 2.55. The van der Waals surface area contributed by atoms with Gasteiger partial charge < -0.3 is 4.98 Å². The van der Waals surface area contributed by atoms with Crippen LogP contribution in [0.5, 0.6) is 0 Å². The van der Waals surface area contributed by atoms with Gasteiger partial charge in [0.15, 0.2) is 5.65 Å². The minimum absolute atomic E-state index is 0.0401. The van der Waals surface area contributed by atoms with Crippen molar-refractivity contribution in [1.82, 2.24) is 24.6 Å². The van der Waals surface area contributed by atoms with Gasteiger partial charge in [0.1, 0.15) is 5.82 Å². The van der Waals surface area contributed by atoms with Gasteiger partial charge in [-0.1, -0.05) is 12.1 Å². The van der Waals surface area contributed by atoms with Crippen LogP contribution in [0.25, 0.3) is 16.9 Å². The summed E-state index contributed by atoms with van der Waals surface area (Å²) in [6, 6.07) is 7.98. The molecule has 0 unspecified atom stereocenters.